The van der Waals surface area contributed by atoms with E-state index in [2.05, 4.69) is 0 Å². The van der Waals surface area contributed by atoms with Crippen molar-refractivity contribution in [3.05, 3.63) is 132 Å². The molecule has 0 spiro atoms. The summed E-state index contributed by atoms with van der Waals surface area (Å²) >= 11 is 0. The van der Waals surface area contributed by atoms with E-state index in [0.717, 1.165) is 16.7 Å². The molecule has 0 aromatic heterocycles. The van der Waals surface area contributed by atoms with Crippen LogP contribution in [0.1, 0.15) is 16.7 Å². The number of ether oxygens (including phenoxy) is 4. The molecular weight excluding hydrogens is 539 g/mol. The largest absolute Gasteiger partial charge is 0.497 e. The molecule has 1 saturated heterocycles. The normalized spacial score (nSPS) is 24.1. The van der Waals surface area contributed by atoms with Gasteiger partial charge in [0.2, 0.25) is 0 Å². The van der Waals surface area contributed by atoms with Gasteiger partial charge in [-0.1, -0.05) is 97.1 Å². The van der Waals surface area contributed by atoms with Gasteiger partial charge < -0.3 is 28.6 Å². The van der Waals surface area contributed by atoms with E-state index in [9.17, 15) is 9.67 Å². The zero-order valence-corrected chi connectivity index (χ0v) is 23.8. The van der Waals surface area contributed by atoms with Gasteiger partial charge in [0.05, 0.1) is 33.5 Å². The molecule has 8 heteroatoms. The van der Waals surface area contributed by atoms with Gasteiger partial charge in [0.25, 0.3) is 7.37 Å². The Hall–Kier alpha value is -3.29. The van der Waals surface area contributed by atoms with E-state index < -0.39 is 31.5 Å². The Labute approximate surface area is 241 Å². The van der Waals surface area contributed by atoms with E-state index in [1.54, 1.807) is 24.3 Å². The highest BCUT2D eigenvalue weighted by molar-refractivity contribution is 7.67. The zero-order valence-electron chi connectivity index (χ0n) is 23.0. The van der Waals surface area contributed by atoms with E-state index in [1.165, 1.54) is 7.11 Å². The smallest absolute Gasteiger partial charge is 0.263 e. The molecule has 214 valence electrons. The summed E-state index contributed by atoms with van der Waals surface area (Å²) in [5.41, 5.74) is 2.87. The number of aliphatic hydroxyl groups excluding tert-OH is 1. The van der Waals surface area contributed by atoms with Gasteiger partial charge >= 0.3 is 0 Å². The topological polar surface area (TPSA) is 83.5 Å². The summed E-state index contributed by atoms with van der Waals surface area (Å²) in [6, 6.07) is 35.9. The first-order valence-electron chi connectivity index (χ1n) is 13.6. The SMILES string of the molecule is COc1cccc([P@]2(=O)OC(COCc3ccccc3)[C@@H](OCc3ccccc3)[C@H](OCc3ccccc3)C2O)c1. The first-order chi connectivity index (χ1) is 20.1. The van der Waals surface area contributed by atoms with Crippen LogP contribution in [0.25, 0.3) is 0 Å². The van der Waals surface area contributed by atoms with Gasteiger partial charge in [-0.15, -0.1) is 0 Å². The predicted molar refractivity (Wildman–Crippen MR) is 157 cm³/mol. The second-order valence-corrected chi connectivity index (χ2v) is 12.3. The number of benzene rings is 4. The third kappa shape index (κ3) is 7.32. The summed E-state index contributed by atoms with van der Waals surface area (Å²) in [5, 5.41) is 12.0. The Morgan fingerprint density at radius 2 is 1.24 bits per heavy atom. The standard InChI is InChI=1S/C33H35O7P/c1-36-28-18-11-19-29(20-28)41(35)33(34)32(39-23-27-16-9-4-10-17-27)31(38-22-26-14-7-3-8-15-26)30(40-41)24-37-21-25-12-5-2-6-13-25/h2-20,30-34H,21-24H2,1H3/t30?,31-,32+,33?,41+/m1/s1. The second kappa shape index (κ2) is 14.1. The molecule has 2 unspecified atom stereocenters. The molecule has 4 aromatic rings. The van der Waals surface area contributed by atoms with Gasteiger partial charge in [-0.2, -0.15) is 0 Å². The minimum absolute atomic E-state index is 0.0836. The Bertz CT molecular complexity index is 1400. The van der Waals surface area contributed by atoms with Gasteiger partial charge in [0.15, 0.2) is 5.85 Å². The average molecular weight is 575 g/mol. The van der Waals surface area contributed by atoms with Crippen LogP contribution in [-0.4, -0.2) is 43.0 Å². The third-order valence-electron chi connectivity index (χ3n) is 7.00. The van der Waals surface area contributed by atoms with Crippen molar-refractivity contribution < 1.29 is 33.1 Å². The van der Waals surface area contributed by atoms with E-state index >= 15 is 0 Å². The van der Waals surface area contributed by atoms with Crippen molar-refractivity contribution in [2.24, 2.45) is 0 Å². The third-order valence-corrected chi connectivity index (χ3v) is 9.57. The lowest BCUT2D eigenvalue weighted by Crippen LogP contribution is -2.55. The fraction of sp³-hybridized carbons (Fsp3) is 0.273. The first kappa shape index (κ1) is 29.2. The van der Waals surface area contributed by atoms with E-state index in [0.29, 0.717) is 17.7 Å². The van der Waals surface area contributed by atoms with Crippen molar-refractivity contribution in [1.29, 1.82) is 0 Å². The monoisotopic (exact) mass is 574 g/mol. The molecule has 0 amide bonds. The minimum atomic E-state index is -3.89. The lowest BCUT2D eigenvalue weighted by molar-refractivity contribution is -0.174. The molecule has 0 radical (unpaired) electrons. The van der Waals surface area contributed by atoms with Crippen LogP contribution >= 0.6 is 7.37 Å². The van der Waals surface area contributed by atoms with Crippen LogP contribution in [0.2, 0.25) is 0 Å². The molecule has 1 heterocycles. The number of hydrogen-bond acceptors (Lipinski definition) is 7. The Kier molecular flexibility index (Phi) is 10.0. The van der Waals surface area contributed by atoms with Crippen LogP contribution in [-0.2, 0) is 43.1 Å². The molecule has 7 nitrogen and oxygen atoms in total. The van der Waals surface area contributed by atoms with Gasteiger partial charge in [0.1, 0.15) is 24.1 Å². The molecule has 4 aromatic carbocycles. The average Bonchev–Trinajstić information content (AvgIpc) is 3.03. The fourth-order valence-electron chi connectivity index (χ4n) is 4.82. The second-order valence-electron chi connectivity index (χ2n) is 9.88. The summed E-state index contributed by atoms with van der Waals surface area (Å²) < 4.78 is 45.1. The van der Waals surface area contributed by atoms with Gasteiger partial charge in [-0.05, 0) is 34.9 Å². The maximum Gasteiger partial charge on any atom is 0.263 e. The van der Waals surface area contributed by atoms with Crippen LogP contribution in [0.3, 0.4) is 0 Å². The summed E-state index contributed by atoms with van der Waals surface area (Å²) in [6.45, 7) is 0.878. The molecule has 41 heavy (non-hydrogen) atoms. The lowest BCUT2D eigenvalue weighted by Gasteiger charge is -2.44. The van der Waals surface area contributed by atoms with Crippen LogP contribution < -0.4 is 10.0 Å². The number of aliphatic hydroxyl groups is 1. The summed E-state index contributed by atoms with van der Waals surface area (Å²) in [5.74, 6) is -0.973. The fourth-order valence-corrected chi connectivity index (χ4v) is 7.20. The molecule has 5 atom stereocenters. The van der Waals surface area contributed by atoms with Crippen molar-refractivity contribution >= 4 is 12.7 Å². The molecule has 0 saturated carbocycles. The van der Waals surface area contributed by atoms with E-state index in [1.807, 2.05) is 91.0 Å². The molecule has 0 bridgehead atoms. The summed E-state index contributed by atoms with van der Waals surface area (Å²) in [6.07, 6.45) is -2.52. The lowest BCUT2D eigenvalue weighted by atomic mass is 10.1. The van der Waals surface area contributed by atoms with E-state index in [-0.39, 0.29) is 19.8 Å². The molecule has 1 aliphatic rings. The van der Waals surface area contributed by atoms with Gasteiger partial charge in [0, 0.05) is 5.30 Å². The molecule has 1 N–H and O–H groups in total. The Morgan fingerprint density at radius 3 is 1.80 bits per heavy atom. The van der Waals surface area contributed by atoms with Crippen LogP contribution in [0.5, 0.6) is 5.75 Å². The molecule has 1 aliphatic heterocycles. The molecular formula is C33H35O7P. The maximum atomic E-state index is 14.6. The van der Waals surface area contributed by atoms with Crippen LogP contribution in [0.4, 0.5) is 0 Å². The van der Waals surface area contributed by atoms with Crippen molar-refractivity contribution in [3.63, 3.8) is 0 Å². The number of methoxy groups -OCH3 is 1. The zero-order chi connectivity index (χ0) is 28.5. The summed E-state index contributed by atoms with van der Waals surface area (Å²) in [4.78, 5) is 0. The molecule has 0 aliphatic carbocycles. The number of hydrogen-bond donors (Lipinski definition) is 1. The molecule has 5 rings (SSSR count). The number of rotatable bonds is 12. The Balaban J connectivity index is 1.46. The highest BCUT2D eigenvalue weighted by Gasteiger charge is 2.54. The highest BCUT2D eigenvalue weighted by Crippen LogP contribution is 2.57. The van der Waals surface area contributed by atoms with Crippen molar-refractivity contribution in [2.75, 3.05) is 13.7 Å². The van der Waals surface area contributed by atoms with Gasteiger partial charge in [-0.25, -0.2) is 0 Å². The van der Waals surface area contributed by atoms with Crippen LogP contribution in [0.15, 0.2) is 115 Å². The first-order valence-corrected chi connectivity index (χ1v) is 15.3. The van der Waals surface area contributed by atoms with E-state index in [4.69, 9.17) is 23.5 Å². The predicted octanol–water partition coefficient (Wildman–Crippen LogP) is 5.70. The van der Waals surface area contributed by atoms with Crippen molar-refractivity contribution in [1.82, 2.24) is 0 Å². The maximum absolute atomic E-state index is 14.6. The van der Waals surface area contributed by atoms with Crippen LogP contribution in [0, 0.1) is 0 Å². The minimum Gasteiger partial charge on any atom is -0.497 e. The Morgan fingerprint density at radius 1 is 0.707 bits per heavy atom. The quantitative estimate of drug-likeness (QED) is 0.217. The van der Waals surface area contributed by atoms with Crippen molar-refractivity contribution in [2.45, 2.75) is 44.0 Å². The molecule has 1 fully saturated rings. The van der Waals surface area contributed by atoms with Crippen molar-refractivity contribution in [3.8, 4) is 5.75 Å². The van der Waals surface area contributed by atoms with Gasteiger partial charge in [-0.3, -0.25) is 4.57 Å². The highest BCUT2D eigenvalue weighted by atomic mass is 31.2. The summed E-state index contributed by atoms with van der Waals surface area (Å²) in [7, 11) is -2.35.